The van der Waals surface area contributed by atoms with E-state index in [1.807, 2.05) is 37.3 Å². The van der Waals surface area contributed by atoms with E-state index in [9.17, 15) is 4.79 Å². The van der Waals surface area contributed by atoms with E-state index in [4.69, 9.17) is 9.15 Å². The molecule has 0 aliphatic heterocycles. The zero-order valence-electron chi connectivity index (χ0n) is 15.0. The fourth-order valence-electron chi connectivity index (χ4n) is 2.77. The Balaban J connectivity index is 1.57. The molecule has 0 bridgehead atoms. The monoisotopic (exact) mass is 358 g/mol. The van der Waals surface area contributed by atoms with Gasteiger partial charge in [-0.2, -0.15) is 0 Å². The van der Waals surface area contributed by atoms with E-state index in [0.717, 1.165) is 5.56 Å². The van der Waals surface area contributed by atoms with E-state index in [1.165, 1.54) is 5.56 Å². The average Bonchev–Trinajstić information content (AvgIpc) is 3.12. The molecule has 0 aliphatic rings. The van der Waals surface area contributed by atoms with Crippen LogP contribution in [-0.2, 0) is 0 Å². The Kier molecular flexibility index (Phi) is 4.34. The largest absolute Gasteiger partial charge is 0.497 e. The molecule has 1 N–H and O–H groups in total. The quantitative estimate of drug-likeness (QED) is 0.553. The molecule has 0 saturated carbocycles. The molecule has 5 nitrogen and oxygen atoms in total. The summed E-state index contributed by atoms with van der Waals surface area (Å²) in [5.41, 5.74) is 4.67. The van der Waals surface area contributed by atoms with Gasteiger partial charge in [-0.1, -0.05) is 17.7 Å². The first-order valence-corrected chi connectivity index (χ1v) is 8.55. The first kappa shape index (κ1) is 16.8. The van der Waals surface area contributed by atoms with Crippen LogP contribution in [0.3, 0.4) is 0 Å². The minimum atomic E-state index is -0.195. The van der Waals surface area contributed by atoms with Crippen molar-refractivity contribution in [2.75, 3.05) is 12.4 Å². The summed E-state index contributed by atoms with van der Waals surface area (Å²) in [5.74, 6) is 1.07. The fourth-order valence-corrected chi connectivity index (χ4v) is 2.77. The number of nitrogens with one attached hydrogen (secondary N) is 1. The van der Waals surface area contributed by atoms with E-state index in [-0.39, 0.29) is 5.91 Å². The Labute approximate surface area is 156 Å². The highest BCUT2D eigenvalue weighted by molar-refractivity contribution is 6.05. The van der Waals surface area contributed by atoms with Gasteiger partial charge in [0.25, 0.3) is 5.91 Å². The van der Waals surface area contributed by atoms with Crippen molar-refractivity contribution in [3.05, 3.63) is 77.9 Å². The van der Waals surface area contributed by atoms with Crippen LogP contribution in [0.4, 0.5) is 5.69 Å². The number of ether oxygens (including phenoxy) is 1. The van der Waals surface area contributed by atoms with Gasteiger partial charge in [0.15, 0.2) is 5.58 Å². The summed E-state index contributed by atoms with van der Waals surface area (Å²) in [6, 6.07) is 20.4. The number of carbonyl (C=O) groups is 1. The van der Waals surface area contributed by atoms with Gasteiger partial charge < -0.3 is 14.5 Å². The lowest BCUT2D eigenvalue weighted by molar-refractivity contribution is 0.102. The van der Waals surface area contributed by atoms with Gasteiger partial charge in [0.2, 0.25) is 5.89 Å². The zero-order valence-corrected chi connectivity index (χ0v) is 15.0. The number of nitrogens with zero attached hydrogens (tertiary/aromatic N) is 1. The smallest absolute Gasteiger partial charge is 0.255 e. The fraction of sp³-hybridized carbons (Fsp3) is 0.0909. The summed E-state index contributed by atoms with van der Waals surface area (Å²) in [7, 11) is 1.59. The van der Waals surface area contributed by atoms with Crippen LogP contribution in [0.2, 0.25) is 0 Å². The van der Waals surface area contributed by atoms with Gasteiger partial charge in [0.1, 0.15) is 11.3 Å². The lowest BCUT2D eigenvalue weighted by Crippen LogP contribution is -2.11. The maximum absolute atomic E-state index is 12.4. The molecule has 1 amide bonds. The molecule has 0 spiro atoms. The number of oxazole rings is 1. The third-order valence-corrected chi connectivity index (χ3v) is 4.30. The van der Waals surface area contributed by atoms with Gasteiger partial charge in [0, 0.05) is 16.8 Å². The third kappa shape index (κ3) is 3.53. The van der Waals surface area contributed by atoms with E-state index in [0.29, 0.717) is 34.0 Å². The molecule has 0 saturated heterocycles. The molecule has 0 aliphatic carbocycles. The summed E-state index contributed by atoms with van der Waals surface area (Å²) in [4.78, 5) is 17.0. The molecular formula is C22H18N2O3. The predicted octanol–water partition coefficient (Wildman–Crippen LogP) is 5.06. The number of aryl methyl sites for hydroxylation is 1. The van der Waals surface area contributed by atoms with Crippen molar-refractivity contribution in [3.8, 4) is 17.2 Å². The molecule has 134 valence electrons. The number of fused-ring (bicyclic) bond motifs is 1. The number of rotatable bonds is 4. The van der Waals surface area contributed by atoms with Crippen molar-refractivity contribution in [2.24, 2.45) is 0 Å². The molecular weight excluding hydrogens is 340 g/mol. The second kappa shape index (κ2) is 6.96. The predicted molar refractivity (Wildman–Crippen MR) is 105 cm³/mol. The number of hydrogen-bond donors (Lipinski definition) is 1. The first-order valence-electron chi connectivity index (χ1n) is 8.55. The van der Waals surface area contributed by atoms with Crippen LogP contribution < -0.4 is 10.1 Å². The van der Waals surface area contributed by atoms with Crippen molar-refractivity contribution in [1.82, 2.24) is 4.98 Å². The maximum Gasteiger partial charge on any atom is 0.255 e. The van der Waals surface area contributed by atoms with Crippen LogP contribution in [0.25, 0.3) is 22.6 Å². The first-order chi connectivity index (χ1) is 13.1. The van der Waals surface area contributed by atoms with Crippen LogP contribution in [0.1, 0.15) is 15.9 Å². The number of aromatic nitrogens is 1. The molecule has 0 unspecified atom stereocenters. The highest BCUT2D eigenvalue weighted by atomic mass is 16.5. The molecule has 1 heterocycles. The standard InChI is InChI=1S/C22H18N2O3/c1-14-3-5-16(6-4-14)22-24-19-13-17(9-12-20(19)27-22)23-21(25)15-7-10-18(26-2)11-8-15/h3-13H,1-2H3,(H,23,25). The Bertz CT molecular complexity index is 1100. The molecule has 0 atom stereocenters. The SMILES string of the molecule is COc1ccc(C(=O)Nc2ccc3oc(-c4ccc(C)cc4)nc3c2)cc1. The number of amides is 1. The van der Waals surface area contributed by atoms with Crippen molar-refractivity contribution in [3.63, 3.8) is 0 Å². The molecule has 4 rings (SSSR count). The highest BCUT2D eigenvalue weighted by Gasteiger charge is 2.11. The molecule has 0 fully saturated rings. The molecule has 27 heavy (non-hydrogen) atoms. The summed E-state index contributed by atoms with van der Waals surface area (Å²) >= 11 is 0. The number of anilines is 1. The Morgan fingerprint density at radius 2 is 1.74 bits per heavy atom. The maximum atomic E-state index is 12.4. The van der Waals surface area contributed by atoms with E-state index in [2.05, 4.69) is 10.3 Å². The van der Waals surface area contributed by atoms with E-state index >= 15 is 0 Å². The molecule has 4 aromatic rings. The second-order valence-electron chi connectivity index (χ2n) is 6.25. The van der Waals surface area contributed by atoms with E-state index in [1.54, 1.807) is 43.5 Å². The van der Waals surface area contributed by atoms with Crippen LogP contribution >= 0.6 is 0 Å². The highest BCUT2D eigenvalue weighted by Crippen LogP contribution is 2.26. The van der Waals surface area contributed by atoms with Gasteiger partial charge >= 0.3 is 0 Å². The number of benzene rings is 3. The Morgan fingerprint density at radius 3 is 2.44 bits per heavy atom. The zero-order chi connectivity index (χ0) is 18.8. The topological polar surface area (TPSA) is 64.4 Å². The lowest BCUT2D eigenvalue weighted by Gasteiger charge is -2.06. The van der Waals surface area contributed by atoms with E-state index < -0.39 is 0 Å². The molecule has 5 heteroatoms. The van der Waals surface area contributed by atoms with Crippen molar-refractivity contribution < 1.29 is 13.9 Å². The van der Waals surface area contributed by atoms with Crippen molar-refractivity contribution in [1.29, 1.82) is 0 Å². The summed E-state index contributed by atoms with van der Waals surface area (Å²) in [5, 5.41) is 2.88. The van der Waals surface area contributed by atoms with Gasteiger partial charge in [-0.05, 0) is 61.5 Å². The number of hydrogen-bond acceptors (Lipinski definition) is 4. The van der Waals surface area contributed by atoms with Gasteiger partial charge in [-0.15, -0.1) is 0 Å². The third-order valence-electron chi connectivity index (χ3n) is 4.30. The van der Waals surface area contributed by atoms with Crippen LogP contribution in [0.15, 0.2) is 71.1 Å². The molecule has 0 radical (unpaired) electrons. The lowest BCUT2D eigenvalue weighted by atomic mass is 10.1. The Morgan fingerprint density at radius 1 is 1.00 bits per heavy atom. The minimum Gasteiger partial charge on any atom is -0.497 e. The number of carbonyl (C=O) groups excluding carboxylic acids is 1. The summed E-state index contributed by atoms with van der Waals surface area (Å²) in [6.07, 6.45) is 0. The average molecular weight is 358 g/mol. The van der Waals surface area contributed by atoms with Crippen molar-refractivity contribution >= 4 is 22.7 Å². The van der Waals surface area contributed by atoms with Gasteiger partial charge in [0.05, 0.1) is 7.11 Å². The van der Waals surface area contributed by atoms with Gasteiger partial charge in [-0.3, -0.25) is 4.79 Å². The van der Waals surface area contributed by atoms with Crippen LogP contribution in [0, 0.1) is 6.92 Å². The number of methoxy groups -OCH3 is 1. The van der Waals surface area contributed by atoms with Crippen LogP contribution in [0.5, 0.6) is 5.75 Å². The molecule has 1 aromatic heterocycles. The van der Waals surface area contributed by atoms with Crippen molar-refractivity contribution in [2.45, 2.75) is 6.92 Å². The second-order valence-corrected chi connectivity index (χ2v) is 6.25. The normalized spacial score (nSPS) is 10.7. The van der Waals surface area contributed by atoms with Crippen LogP contribution in [-0.4, -0.2) is 18.0 Å². The van der Waals surface area contributed by atoms with Gasteiger partial charge in [-0.25, -0.2) is 4.98 Å². The minimum absolute atomic E-state index is 0.195. The Hall–Kier alpha value is -3.60. The summed E-state index contributed by atoms with van der Waals surface area (Å²) < 4.78 is 10.9. The molecule has 3 aromatic carbocycles. The summed E-state index contributed by atoms with van der Waals surface area (Å²) in [6.45, 7) is 2.04.